The Labute approximate surface area is 405 Å². The molecule has 0 bridgehead atoms. The SMILES string of the molecule is Cc1nccn1Cc1cccc(NC(=O)C2CN(C(=O)OC(C)(C)C)CCN2C(=O)OC2CCCCC2)c1.Cc1nccn1Cc1cccc(NC(=O)C2CNCCN2C(=O)OC2CCCCC2)c1. The summed E-state index contributed by atoms with van der Waals surface area (Å²) in [6, 6.07) is 13.8. The summed E-state index contributed by atoms with van der Waals surface area (Å²) in [7, 11) is 0. The van der Waals surface area contributed by atoms with Gasteiger partial charge < -0.3 is 44.2 Å². The molecule has 0 radical (unpaired) electrons. The zero-order chi connectivity index (χ0) is 48.9. The van der Waals surface area contributed by atoms with Crippen molar-refractivity contribution in [3.8, 4) is 0 Å². The van der Waals surface area contributed by atoms with Crippen LogP contribution in [-0.2, 0) is 36.9 Å². The number of anilines is 2. The lowest BCUT2D eigenvalue weighted by molar-refractivity contribution is -0.123. The second-order valence-electron chi connectivity index (χ2n) is 19.4. The lowest BCUT2D eigenvalue weighted by Gasteiger charge is -2.40. The first-order valence-corrected chi connectivity index (χ1v) is 24.6. The van der Waals surface area contributed by atoms with Gasteiger partial charge in [0.25, 0.3) is 0 Å². The standard InChI is InChI=1S/C28H39N5O5.C23H31N5O3/c1-20-29-13-14-31(20)18-21-9-8-10-22(17-21)30-25(34)24-19-32(26(35)38-28(2,3)4)15-16-33(24)27(36)37-23-11-6-5-7-12-23;1-17-25-11-12-27(17)16-18-6-5-7-19(14-18)26-22(29)21-15-24-10-13-28(21)23(30)31-20-8-3-2-4-9-20/h8-10,13-14,17,23-24H,5-7,11-12,15-16,18-19H2,1-4H3,(H,30,34);5-7,11-12,14,20-21,24H,2-4,8-10,13,15-16H2,1H3,(H,26,29). The highest BCUT2D eigenvalue weighted by Gasteiger charge is 2.40. The lowest BCUT2D eigenvalue weighted by atomic mass is 9.98. The number of hydrogen-bond acceptors (Lipinski definition) is 11. The van der Waals surface area contributed by atoms with Crippen molar-refractivity contribution in [1.82, 2.24) is 39.1 Å². The number of aromatic nitrogens is 4. The molecule has 18 heteroatoms. The Kier molecular flexibility index (Phi) is 17.3. The van der Waals surface area contributed by atoms with Crippen LogP contribution in [0.1, 0.15) is 108 Å². The van der Waals surface area contributed by atoms with E-state index >= 15 is 0 Å². The molecule has 8 rings (SSSR count). The van der Waals surface area contributed by atoms with Gasteiger partial charge in [-0.3, -0.25) is 19.4 Å². The van der Waals surface area contributed by atoms with E-state index in [4.69, 9.17) is 14.2 Å². The van der Waals surface area contributed by atoms with E-state index in [0.717, 1.165) is 80.6 Å². The van der Waals surface area contributed by atoms with Crippen LogP contribution in [0.15, 0.2) is 73.3 Å². The molecule has 2 unspecified atom stereocenters. The molecule has 0 spiro atoms. The Hall–Kier alpha value is -6.43. The third-order valence-corrected chi connectivity index (χ3v) is 12.9. The molecule has 4 aromatic rings. The predicted molar refractivity (Wildman–Crippen MR) is 261 cm³/mol. The van der Waals surface area contributed by atoms with E-state index in [9.17, 15) is 24.0 Å². The Bertz CT molecular complexity index is 2360. The van der Waals surface area contributed by atoms with Gasteiger partial charge in [-0.1, -0.05) is 37.1 Å². The Morgan fingerprint density at radius 2 is 1.14 bits per heavy atom. The molecule has 69 heavy (non-hydrogen) atoms. The summed E-state index contributed by atoms with van der Waals surface area (Å²) in [5.74, 6) is 1.25. The van der Waals surface area contributed by atoms with E-state index in [1.807, 2.05) is 73.3 Å². The average Bonchev–Trinajstić information content (AvgIpc) is 3.94. The average molecular weight is 951 g/mol. The van der Waals surface area contributed by atoms with Gasteiger partial charge in [0.1, 0.15) is 41.5 Å². The van der Waals surface area contributed by atoms with Gasteiger partial charge in [-0.05, 0) is 121 Å². The van der Waals surface area contributed by atoms with Crippen molar-refractivity contribution in [1.29, 1.82) is 0 Å². The van der Waals surface area contributed by atoms with Crippen LogP contribution in [0.25, 0.3) is 0 Å². The molecular weight excluding hydrogens is 881 g/mol. The minimum absolute atomic E-state index is 0.0223. The summed E-state index contributed by atoms with van der Waals surface area (Å²) in [4.78, 5) is 78.4. The zero-order valence-corrected chi connectivity index (χ0v) is 40.9. The van der Waals surface area contributed by atoms with Gasteiger partial charge in [0, 0.05) is 82.0 Å². The van der Waals surface area contributed by atoms with Crippen molar-refractivity contribution < 1.29 is 38.2 Å². The van der Waals surface area contributed by atoms with Crippen LogP contribution in [0, 0.1) is 13.8 Å². The number of benzene rings is 2. The topological polar surface area (TPSA) is 194 Å². The van der Waals surface area contributed by atoms with E-state index < -0.39 is 29.9 Å². The van der Waals surface area contributed by atoms with Crippen molar-refractivity contribution in [3.05, 3.63) is 96.1 Å². The van der Waals surface area contributed by atoms with Gasteiger partial charge in [-0.25, -0.2) is 24.4 Å². The molecule has 2 saturated heterocycles. The molecule has 3 N–H and O–H groups in total. The lowest BCUT2D eigenvalue weighted by Crippen LogP contribution is -2.61. The minimum Gasteiger partial charge on any atom is -0.446 e. The molecular formula is C51H70N10O8. The maximum absolute atomic E-state index is 13.6. The fraction of sp³-hybridized carbons (Fsp3) is 0.549. The molecule has 372 valence electrons. The van der Waals surface area contributed by atoms with Crippen LogP contribution in [0.4, 0.5) is 25.8 Å². The Balaban J connectivity index is 0.000000208. The normalized spacial score (nSPS) is 19.2. The maximum Gasteiger partial charge on any atom is 0.410 e. The number of piperazine rings is 2. The molecule has 2 aromatic heterocycles. The number of hydrogen-bond donors (Lipinski definition) is 3. The number of ether oxygens (including phenoxy) is 3. The molecule has 2 aliphatic heterocycles. The number of imidazole rings is 2. The van der Waals surface area contributed by atoms with Crippen molar-refractivity contribution >= 4 is 41.5 Å². The highest BCUT2D eigenvalue weighted by Crippen LogP contribution is 2.25. The van der Waals surface area contributed by atoms with Gasteiger partial charge in [-0.2, -0.15) is 0 Å². The highest BCUT2D eigenvalue weighted by atomic mass is 16.6. The number of rotatable bonds is 10. The quantitative estimate of drug-likeness (QED) is 0.133. The van der Waals surface area contributed by atoms with Crippen LogP contribution in [-0.4, -0.2) is 133 Å². The van der Waals surface area contributed by atoms with Gasteiger partial charge in [0.15, 0.2) is 0 Å². The number of amides is 5. The summed E-state index contributed by atoms with van der Waals surface area (Å²) >= 11 is 0. The Morgan fingerprint density at radius 3 is 1.62 bits per heavy atom. The summed E-state index contributed by atoms with van der Waals surface area (Å²) < 4.78 is 21.1. The fourth-order valence-corrected chi connectivity index (χ4v) is 9.14. The van der Waals surface area contributed by atoms with Crippen LogP contribution in [0.2, 0.25) is 0 Å². The van der Waals surface area contributed by atoms with Gasteiger partial charge in [-0.15, -0.1) is 0 Å². The first-order valence-electron chi connectivity index (χ1n) is 24.6. The molecule has 18 nitrogen and oxygen atoms in total. The molecule has 4 aliphatic rings. The molecule has 2 saturated carbocycles. The van der Waals surface area contributed by atoms with Crippen LogP contribution >= 0.6 is 0 Å². The molecule has 2 aromatic carbocycles. The van der Waals surface area contributed by atoms with Crippen molar-refractivity contribution in [2.45, 2.75) is 142 Å². The number of carbonyl (C=O) groups excluding carboxylic acids is 5. The number of nitrogens with one attached hydrogen (secondary N) is 3. The highest BCUT2D eigenvalue weighted by molar-refractivity contribution is 5.98. The molecule has 2 aliphatic carbocycles. The van der Waals surface area contributed by atoms with Crippen LogP contribution in [0.5, 0.6) is 0 Å². The summed E-state index contributed by atoms with van der Waals surface area (Å²) in [5, 5.41) is 9.15. The molecule has 4 heterocycles. The summed E-state index contributed by atoms with van der Waals surface area (Å²) in [6.07, 6.45) is 15.9. The van der Waals surface area contributed by atoms with Crippen molar-refractivity contribution in [2.24, 2.45) is 0 Å². The first-order chi connectivity index (χ1) is 33.2. The van der Waals surface area contributed by atoms with E-state index in [-0.39, 0.29) is 49.7 Å². The van der Waals surface area contributed by atoms with E-state index in [1.165, 1.54) is 16.2 Å². The number of nitrogens with zero attached hydrogens (tertiary/aromatic N) is 7. The van der Waals surface area contributed by atoms with E-state index in [1.54, 1.807) is 44.1 Å². The smallest absolute Gasteiger partial charge is 0.410 e. The Morgan fingerprint density at radius 1 is 0.652 bits per heavy atom. The third-order valence-electron chi connectivity index (χ3n) is 12.9. The van der Waals surface area contributed by atoms with E-state index in [2.05, 4.69) is 30.5 Å². The van der Waals surface area contributed by atoms with Crippen molar-refractivity contribution in [2.75, 3.05) is 49.9 Å². The zero-order valence-electron chi connectivity index (χ0n) is 40.9. The van der Waals surface area contributed by atoms with Gasteiger partial charge in [0.2, 0.25) is 11.8 Å². The first kappa shape index (κ1) is 50.4. The second kappa shape index (κ2) is 23.7. The number of aryl methyl sites for hydroxylation is 2. The number of carbonyl (C=O) groups is 5. The second-order valence-corrected chi connectivity index (χ2v) is 19.4. The van der Waals surface area contributed by atoms with Crippen molar-refractivity contribution in [3.63, 3.8) is 0 Å². The largest absolute Gasteiger partial charge is 0.446 e. The summed E-state index contributed by atoms with van der Waals surface area (Å²) in [6.45, 7) is 12.6. The monoisotopic (exact) mass is 951 g/mol. The fourth-order valence-electron chi connectivity index (χ4n) is 9.14. The summed E-state index contributed by atoms with van der Waals surface area (Å²) in [5.41, 5.74) is 2.72. The van der Waals surface area contributed by atoms with Gasteiger partial charge in [0.05, 0.1) is 6.54 Å². The minimum atomic E-state index is -0.910. The van der Waals surface area contributed by atoms with Crippen LogP contribution in [0.3, 0.4) is 0 Å². The van der Waals surface area contributed by atoms with Gasteiger partial charge >= 0.3 is 18.3 Å². The predicted octanol–water partition coefficient (Wildman–Crippen LogP) is 7.49. The molecule has 5 amide bonds. The molecule has 4 fully saturated rings. The maximum atomic E-state index is 13.6. The van der Waals surface area contributed by atoms with E-state index in [0.29, 0.717) is 44.1 Å². The van der Waals surface area contributed by atoms with Crippen LogP contribution < -0.4 is 16.0 Å². The molecule has 2 atom stereocenters. The third kappa shape index (κ3) is 14.5.